The van der Waals surface area contributed by atoms with Gasteiger partial charge in [0.2, 0.25) is 0 Å². The summed E-state index contributed by atoms with van der Waals surface area (Å²) >= 11 is 3.50. The van der Waals surface area contributed by atoms with E-state index in [2.05, 4.69) is 27.2 Å². The van der Waals surface area contributed by atoms with E-state index >= 15 is 0 Å². The summed E-state index contributed by atoms with van der Waals surface area (Å²) in [5.41, 5.74) is 1.19. The van der Waals surface area contributed by atoms with Gasteiger partial charge in [-0.1, -0.05) is 15.9 Å². The van der Waals surface area contributed by atoms with Gasteiger partial charge in [-0.25, -0.2) is 0 Å². The first-order chi connectivity index (χ1) is 7.77. The summed E-state index contributed by atoms with van der Waals surface area (Å²) in [6.45, 7) is 1.49. The van der Waals surface area contributed by atoms with Gasteiger partial charge in [0.15, 0.2) is 0 Å². The van der Waals surface area contributed by atoms with Gasteiger partial charge in [-0.05, 0) is 37.2 Å². The Hall–Kier alpha value is -0.980. The van der Waals surface area contributed by atoms with Gasteiger partial charge < -0.3 is 10.1 Å². The Bertz CT molecular complexity index is 371. The first-order valence-corrected chi connectivity index (χ1v) is 6.06. The third-order valence-electron chi connectivity index (χ3n) is 2.12. The molecule has 1 aromatic carbocycles. The fraction of sp³-hybridized carbons (Fsp3) is 0.385. The first kappa shape index (κ1) is 13.1. The zero-order valence-corrected chi connectivity index (χ0v) is 11.0. The summed E-state index contributed by atoms with van der Waals surface area (Å²) in [6.07, 6.45) is 6.83. The van der Waals surface area contributed by atoms with Crippen molar-refractivity contribution in [2.75, 3.05) is 13.7 Å². The average Bonchev–Trinajstić information content (AvgIpc) is 2.29. The van der Waals surface area contributed by atoms with Crippen LogP contribution in [-0.2, 0) is 6.54 Å². The second-order valence-electron chi connectivity index (χ2n) is 3.44. The largest absolute Gasteiger partial charge is 0.494 e. The van der Waals surface area contributed by atoms with Gasteiger partial charge in [-0.15, -0.1) is 12.3 Å². The summed E-state index contributed by atoms with van der Waals surface area (Å²) in [6, 6.07) is 6.00. The molecule has 1 rings (SSSR count). The Morgan fingerprint density at radius 1 is 1.50 bits per heavy atom. The summed E-state index contributed by atoms with van der Waals surface area (Å²) in [7, 11) is 1.92. The Morgan fingerprint density at radius 2 is 2.31 bits per heavy atom. The van der Waals surface area contributed by atoms with Crippen LogP contribution in [0, 0.1) is 12.3 Å². The molecule has 0 aliphatic rings. The predicted molar refractivity (Wildman–Crippen MR) is 70.5 cm³/mol. The molecule has 0 aromatic heterocycles. The SMILES string of the molecule is C#CCCCOc1ccc(Br)c(CNC)c1. The molecule has 0 radical (unpaired) electrons. The van der Waals surface area contributed by atoms with Crippen molar-refractivity contribution >= 4 is 15.9 Å². The highest BCUT2D eigenvalue weighted by atomic mass is 79.9. The van der Waals surface area contributed by atoms with Crippen molar-refractivity contribution in [3.8, 4) is 18.1 Å². The smallest absolute Gasteiger partial charge is 0.119 e. The van der Waals surface area contributed by atoms with Gasteiger partial charge in [0, 0.05) is 17.4 Å². The van der Waals surface area contributed by atoms with E-state index in [4.69, 9.17) is 11.2 Å². The maximum atomic E-state index is 5.61. The first-order valence-electron chi connectivity index (χ1n) is 5.27. The summed E-state index contributed by atoms with van der Waals surface area (Å²) in [5, 5.41) is 3.12. The van der Waals surface area contributed by atoms with E-state index in [1.807, 2.05) is 25.2 Å². The van der Waals surface area contributed by atoms with E-state index in [-0.39, 0.29) is 0 Å². The minimum Gasteiger partial charge on any atom is -0.494 e. The quantitative estimate of drug-likeness (QED) is 0.640. The molecule has 0 saturated carbocycles. The highest BCUT2D eigenvalue weighted by molar-refractivity contribution is 9.10. The number of hydrogen-bond acceptors (Lipinski definition) is 2. The summed E-state index contributed by atoms with van der Waals surface area (Å²) in [4.78, 5) is 0. The van der Waals surface area contributed by atoms with Gasteiger partial charge in [0.1, 0.15) is 5.75 Å². The molecule has 1 aromatic rings. The number of benzene rings is 1. The number of unbranched alkanes of at least 4 members (excludes halogenated alkanes) is 1. The molecule has 0 atom stereocenters. The van der Waals surface area contributed by atoms with Crippen LogP contribution in [0.5, 0.6) is 5.75 Å². The van der Waals surface area contributed by atoms with Crippen molar-refractivity contribution in [1.82, 2.24) is 5.32 Å². The molecule has 0 amide bonds. The number of halogens is 1. The van der Waals surface area contributed by atoms with E-state index in [0.29, 0.717) is 6.61 Å². The molecule has 0 saturated heterocycles. The molecule has 0 bridgehead atoms. The molecule has 16 heavy (non-hydrogen) atoms. The minimum absolute atomic E-state index is 0.671. The molecule has 0 fully saturated rings. The van der Waals surface area contributed by atoms with E-state index in [1.165, 1.54) is 5.56 Å². The minimum atomic E-state index is 0.671. The van der Waals surface area contributed by atoms with E-state index in [1.54, 1.807) is 0 Å². The maximum absolute atomic E-state index is 5.61. The van der Waals surface area contributed by atoms with Gasteiger partial charge in [-0.2, -0.15) is 0 Å². The van der Waals surface area contributed by atoms with Crippen molar-refractivity contribution in [2.45, 2.75) is 19.4 Å². The molecule has 0 aliphatic carbocycles. The van der Waals surface area contributed by atoms with Crippen LogP contribution < -0.4 is 10.1 Å². The van der Waals surface area contributed by atoms with Gasteiger partial charge in [0.25, 0.3) is 0 Å². The Kier molecular flexibility index (Phi) is 5.99. The van der Waals surface area contributed by atoms with E-state index in [9.17, 15) is 0 Å². The second kappa shape index (κ2) is 7.32. The lowest BCUT2D eigenvalue weighted by Gasteiger charge is -2.09. The zero-order valence-electron chi connectivity index (χ0n) is 9.42. The van der Waals surface area contributed by atoms with Crippen molar-refractivity contribution in [3.63, 3.8) is 0 Å². The molecule has 0 spiro atoms. The van der Waals surface area contributed by atoms with Crippen LogP contribution in [0.15, 0.2) is 22.7 Å². The van der Waals surface area contributed by atoms with Crippen molar-refractivity contribution in [3.05, 3.63) is 28.2 Å². The summed E-state index contributed by atoms with van der Waals surface area (Å²) in [5.74, 6) is 3.49. The van der Waals surface area contributed by atoms with Crippen LogP contribution in [-0.4, -0.2) is 13.7 Å². The summed E-state index contributed by atoms with van der Waals surface area (Å²) < 4.78 is 6.70. The standard InChI is InChI=1S/C13H16BrNO/c1-3-4-5-8-16-12-6-7-13(14)11(9-12)10-15-2/h1,6-7,9,15H,4-5,8,10H2,2H3. The van der Waals surface area contributed by atoms with Crippen molar-refractivity contribution in [2.24, 2.45) is 0 Å². The lowest BCUT2D eigenvalue weighted by atomic mass is 10.2. The van der Waals surface area contributed by atoms with Gasteiger partial charge in [0.05, 0.1) is 6.61 Å². The van der Waals surface area contributed by atoms with Crippen LogP contribution in [0.3, 0.4) is 0 Å². The van der Waals surface area contributed by atoms with Crippen molar-refractivity contribution in [1.29, 1.82) is 0 Å². The fourth-order valence-electron chi connectivity index (χ4n) is 1.33. The Morgan fingerprint density at radius 3 is 3.00 bits per heavy atom. The van der Waals surface area contributed by atoms with Crippen molar-refractivity contribution < 1.29 is 4.74 Å². The highest BCUT2D eigenvalue weighted by Crippen LogP contribution is 2.22. The topological polar surface area (TPSA) is 21.3 Å². The number of nitrogens with one attached hydrogen (secondary N) is 1. The van der Waals surface area contributed by atoms with Gasteiger partial charge in [-0.3, -0.25) is 0 Å². The average molecular weight is 282 g/mol. The van der Waals surface area contributed by atoms with Crippen LogP contribution in [0.4, 0.5) is 0 Å². The molecule has 3 heteroatoms. The molecule has 86 valence electrons. The lowest BCUT2D eigenvalue weighted by Crippen LogP contribution is -2.06. The Balaban J connectivity index is 2.54. The normalized spacial score (nSPS) is 9.81. The highest BCUT2D eigenvalue weighted by Gasteiger charge is 2.01. The fourth-order valence-corrected chi connectivity index (χ4v) is 1.72. The third kappa shape index (κ3) is 4.26. The third-order valence-corrected chi connectivity index (χ3v) is 2.89. The molecular formula is C13H16BrNO. The van der Waals surface area contributed by atoms with Crippen LogP contribution in [0.1, 0.15) is 18.4 Å². The number of hydrogen-bond donors (Lipinski definition) is 1. The van der Waals surface area contributed by atoms with Gasteiger partial charge >= 0.3 is 0 Å². The maximum Gasteiger partial charge on any atom is 0.119 e. The van der Waals surface area contributed by atoms with E-state index in [0.717, 1.165) is 29.6 Å². The lowest BCUT2D eigenvalue weighted by molar-refractivity contribution is 0.312. The molecule has 1 N–H and O–H groups in total. The molecule has 0 heterocycles. The number of terminal acetylenes is 1. The van der Waals surface area contributed by atoms with Crippen LogP contribution in [0.2, 0.25) is 0 Å². The molecule has 0 unspecified atom stereocenters. The van der Waals surface area contributed by atoms with Crippen LogP contribution in [0.25, 0.3) is 0 Å². The van der Waals surface area contributed by atoms with E-state index < -0.39 is 0 Å². The van der Waals surface area contributed by atoms with Crippen LogP contribution >= 0.6 is 15.9 Å². The molecule has 2 nitrogen and oxygen atoms in total. The Labute approximate surface area is 106 Å². The second-order valence-corrected chi connectivity index (χ2v) is 4.29. The monoisotopic (exact) mass is 281 g/mol. The zero-order chi connectivity index (χ0) is 11.8. The molecule has 0 aliphatic heterocycles. The number of ether oxygens (including phenoxy) is 1. The number of rotatable bonds is 6. The predicted octanol–water partition coefficient (Wildman–Crippen LogP) is 2.96. The molecular weight excluding hydrogens is 266 g/mol.